The minimum Gasteiger partial charge on any atom is -0.372 e. The molecule has 3 aliphatic rings. The van der Waals surface area contributed by atoms with Crippen LogP contribution >= 0.6 is 0 Å². The SMILES string of the molecule is CC1CCC2(CC1)OCCNC2CC1CCCC1. The van der Waals surface area contributed by atoms with E-state index in [9.17, 15) is 0 Å². The summed E-state index contributed by atoms with van der Waals surface area (Å²) in [5.41, 5.74) is 0.202. The van der Waals surface area contributed by atoms with Crippen LogP contribution in [0, 0.1) is 11.8 Å². The molecular formula is C16H29NO. The lowest BCUT2D eigenvalue weighted by atomic mass is 9.72. The van der Waals surface area contributed by atoms with E-state index in [1.807, 2.05) is 0 Å². The van der Waals surface area contributed by atoms with Crippen molar-refractivity contribution >= 4 is 0 Å². The number of rotatable bonds is 2. The molecule has 2 heteroatoms. The minimum atomic E-state index is 0.202. The molecule has 2 saturated carbocycles. The van der Waals surface area contributed by atoms with Crippen LogP contribution in [0.2, 0.25) is 0 Å². The fourth-order valence-corrected chi connectivity index (χ4v) is 4.40. The Labute approximate surface area is 112 Å². The lowest BCUT2D eigenvalue weighted by molar-refractivity contribution is -0.127. The molecule has 1 atom stereocenters. The Morgan fingerprint density at radius 2 is 1.83 bits per heavy atom. The highest BCUT2D eigenvalue weighted by molar-refractivity contribution is 4.99. The second-order valence-electron chi connectivity index (χ2n) is 6.99. The van der Waals surface area contributed by atoms with Crippen molar-refractivity contribution in [3.05, 3.63) is 0 Å². The van der Waals surface area contributed by atoms with Crippen LogP contribution in [-0.4, -0.2) is 24.8 Å². The predicted molar refractivity (Wildman–Crippen MR) is 74.7 cm³/mol. The summed E-state index contributed by atoms with van der Waals surface area (Å²) in [4.78, 5) is 0. The summed E-state index contributed by atoms with van der Waals surface area (Å²) in [5.74, 6) is 1.88. The Hall–Kier alpha value is -0.0800. The van der Waals surface area contributed by atoms with Gasteiger partial charge >= 0.3 is 0 Å². The van der Waals surface area contributed by atoms with Gasteiger partial charge < -0.3 is 10.1 Å². The fourth-order valence-electron chi connectivity index (χ4n) is 4.40. The van der Waals surface area contributed by atoms with E-state index in [1.165, 1.54) is 57.8 Å². The molecule has 1 N–H and O–H groups in total. The van der Waals surface area contributed by atoms with E-state index in [2.05, 4.69) is 12.2 Å². The second kappa shape index (κ2) is 5.50. The third-order valence-electron chi connectivity index (χ3n) is 5.68. The maximum absolute atomic E-state index is 6.32. The standard InChI is InChI=1S/C16H29NO/c1-13-6-8-16(9-7-13)15(17-10-11-18-16)12-14-4-2-3-5-14/h13-15,17H,2-12H2,1H3. The zero-order valence-corrected chi connectivity index (χ0v) is 11.9. The number of hydrogen-bond acceptors (Lipinski definition) is 2. The molecule has 0 radical (unpaired) electrons. The van der Waals surface area contributed by atoms with Crippen molar-refractivity contribution in [1.82, 2.24) is 5.32 Å². The van der Waals surface area contributed by atoms with Crippen molar-refractivity contribution < 1.29 is 4.74 Å². The smallest absolute Gasteiger partial charge is 0.0835 e. The molecule has 1 heterocycles. The molecular weight excluding hydrogens is 222 g/mol. The molecule has 0 aromatic carbocycles. The summed E-state index contributed by atoms with van der Waals surface area (Å²) in [6.07, 6.45) is 12.5. The maximum Gasteiger partial charge on any atom is 0.0835 e. The van der Waals surface area contributed by atoms with Crippen molar-refractivity contribution in [3.63, 3.8) is 0 Å². The fraction of sp³-hybridized carbons (Fsp3) is 1.00. The number of ether oxygens (including phenoxy) is 1. The van der Waals surface area contributed by atoms with Gasteiger partial charge in [-0.25, -0.2) is 0 Å². The quantitative estimate of drug-likeness (QED) is 0.811. The summed E-state index contributed by atoms with van der Waals surface area (Å²) < 4.78 is 6.32. The van der Waals surface area contributed by atoms with E-state index >= 15 is 0 Å². The monoisotopic (exact) mass is 251 g/mol. The van der Waals surface area contributed by atoms with Gasteiger partial charge in [-0.2, -0.15) is 0 Å². The molecule has 1 spiro atoms. The average molecular weight is 251 g/mol. The molecule has 1 unspecified atom stereocenters. The molecule has 1 aliphatic heterocycles. The van der Waals surface area contributed by atoms with Gasteiger partial charge in [-0.15, -0.1) is 0 Å². The number of morpholine rings is 1. The number of hydrogen-bond donors (Lipinski definition) is 1. The Kier molecular flexibility index (Phi) is 3.95. The first kappa shape index (κ1) is 12.9. The predicted octanol–water partition coefficient (Wildman–Crippen LogP) is 3.50. The van der Waals surface area contributed by atoms with E-state index in [-0.39, 0.29) is 5.60 Å². The summed E-state index contributed by atoms with van der Waals surface area (Å²) in [5, 5.41) is 3.80. The first-order chi connectivity index (χ1) is 8.78. The summed E-state index contributed by atoms with van der Waals surface area (Å²) in [7, 11) is 0. The lowest BCUT2D eigenvalue weighted by Gasteiger charge is -2.49. The minimum absolute atomic E-state index is 0.202. The average Bonchev–Trinajstić information content (AvgIpc) is 2.89. The zero-order valence-electron chi connectivity index (χ0n) is 11.9. The molecule has 2 aliphatic carbocycles. The summed E-state index contributed by atoms with van der Waals surface area (Å²) in [6.45, 7) is 4.39. The van der Waals surface area contributed by atoms with Gasteiger partial charge in [-0.05, 0) is 43.9 Å². The van der Waals surface area contributed by atoms with Crippen LogP contribution in [0.5, 0.6) is 0 Å². The van der Waals surface area contributed by atoms with Crippen molar-refractivity contribution in [3.8, 4) is 0 Å². The van der Waals surface area contributed by atoms with Crippen molar-refractivity contribution in [2.45, 2.75) is 76.4 Å². The highest BCUT2D eigenvalue weighted by Crippen LogP contribution is 2.41. The van der Waals surface area contributed by atoms with Crippen LogP contribution < -0.4 is 5.32 Å². The number of nitrogens with one attached hydrogen (secondary N) is 1. The van der Waals surface area contributed by atoms with Gasteiger partial charge in [0.1, 0.15) is 0 Å². The molecule has 18 heavy (non-hydrogen) atoms. The summed E-state index contributed by atoms with van der Waals surface area (Å²) >= 11 is 0. The largest absolute Gasteiger partial charge is 0.372 e. The first-order valence-electron chi connectivity index (χ1n) is 8.16. The molecule has 3 fully saturated rings. The summed E-state index contributed by atoms with van der Waals surface area (Å²) in [6, 6.07) is 0.641. The highest BCUT2D eigenvalue weighted by atomic mass is 16.5. The Morgan fingerprint density at radius 1 is 1.11 bits per heavy atom. The van der Waals surface area contributed by atoms with E-state index < -0.39 is 0 Å². The van der Waals surface area contributed by atoms with Crippen LogP contribution in [0.4, 0.5) is 0 Å². The lowest BCUT2D eigenvalue weighted by Crippen LogP contribution is -2.59. The molecule has 3 rings (SSSR count). The molecule has 0 aromatic rings. The van der Waals surface area contributed by atoms with Crippen LogP contribution in [-0.2, 0) is 4.74 Å². The first-order valence-corrected chi connectivity index (χ1v) is 8.16. The van der Waals surface area contributed by atoms with Crippen molar-refractivity contribution in [1.29, 1.82) is 0 Å². The Morgan fingerprint density at radius 3 is 2.56 bits per heavy atom. The van der Waals surface area contributed by atoms with Gasteiger partial charge in [-0.3, -0.25) is 0 Å². The van der Waals surface area contributed by atoms with Crippen LogP contribution in [0.3, 0.4) is 0 Å². The molecule has 0 amide bonds. The van der Waals surface area contributed by atoms with Gasteiger partial charge in [0, 0.05) is 12.6 Å². The molecule has 2 nitrogen and oxygen atoms in total. The third kappa shape index (κ3) is 2.60. The molecule has 0 bridgehead atoms. The van der Waals surface area contributed by atoms with Gasteiger partial charge in [0.25, 0.3) is 0 Å². The van der Waals surface area contributed by atoms with Gasteiger partial charge in [0.2, 0.25) is 0 Å². The Bertz CT molecular complexity index is 264. The zero-order chi connectivity index (χ0) is 12.4. The van der Waals surface area contributed by atoms with E-state index in [0.29, 0.717) is 6.04 Å². The molecule has 0 aromatic heterocycles. The van der Waals surface area contributed by atoms with Crippen molar-refractivity contribution in [2.75, 3.05) is 13.2 Å². The topological polar surface area (TPSA) is 21.3 Å². The third-order valence-corrected chi connectivity index (χ3v) is 5.68. The van der Waals surface area contributed by atoms with Gasteiger partial charge in [0.15, 0.2) is 0 Å². The highest BCUT2D eigenvalue weighted by Gasteiger charge is 2.44. The van der Waals surface area contributed by atoms with Crippen LogP contribution in [0.1, 0.15) is 64.7 Å². The second-order valence-corrected chi connectivity index (χ2v) is 6.99. The van der Waals surface area contributed by atoms with Gasteiger partial charge in [0.05, 0.1) is 12.2 Å². The van der Waals surface area contributed by atoms with E-state index in [1.54, 1.807) is 0 Å². The molecule has 1 saturated heterocycles. The van der Waals surface area contributed by atoms with Gasteiger partial charge in [-0.1, -0.05) is 32.6 Å². The van der Waals surface area contributed by atoms with Crippen LogP contribution in [0.15, 0.2) is 0 Å². The maximum atomic E-state index is 6.32. The van der Waals surface area contributed by atoms with E-state index in [4.69, 9.17) is 4.74 Å². The van der Waals surface area contributed by atoms with Crippen molar-refractivity contribution in [2.24, 2.45) is 11.8 Å². The Balaban J connectivity index is 1.65. The van der Waals surface area contributed by atoms with Crippen LogP contribution in [0.25, 0.3) is 0 Å². The molecule has 104 valence electrons. The van der Waals surface area contributed by atoms with E-state index in [0.717, 1.165) is 25.0 Å². The normalized spacial score (nSPS) is 42.5.